The van der Waals surface area contributed by atoms with Gasteiger partial charge in [0.15, 0.2) is 0 Å². The molecule has 1 aliphatic rings. The predicted molar refractivity (Wildman–Crippen MR) is 241 cm³/mol. The van der Waals surface area contributed by atoms with Gasteiger partial charge in [0.05, 0.1) is 25.0 Å². The maximum Gasteiger partial charge on any atom is 0.308 e. The molecule has 0 aromatic rings. The molecule has 6 heteroatoms. The van der Waals surface area contributed by atoms with Crippen LogP contribution in [0.2, 0.25) is 0 Å². The Hall–Kier alpha value is -1.14. The molecular formula is C50H98N2O4. The summed E-state index contributed by atoms with van der Waals surface area (Å²) in [5.41, 5.74) is 0. The van der Waals surface area contributed by atoms with Crippen LogP contribution in [-0.4, -0.2) is 50.3 Å². The molecule has 2 unspecified atom stereocenters. The van der Waals surface area contributed by atoms with E-state index in [1.54, 1.807) is 0 Å². The summed E-state index contributed by atoms with van der Waals surface area (Å²) in [5, 5.41) is 7.63. The van der Waals surface area contributed by atoms with Crippen molar-refractivity contribution in [3.8, 4) is 0 Å². The van der Waals surface area contributed by atoms with Gasteiger partial charge in [-0.2, -0.15) is 0 Å². The van der Waals surface area contributed by atoms with Gasteiger partial charge in [0.25, 0.3) is 0 Å². The topological polar surface area (TPSA) is 76.7 Å². The number of hydrogen-bond donors (Lipinski definition) is 2. The number of esters is 2. The van der Waals surface area contributed by atoms with E-state index < -0.39 is 0 Å². The summed E-state index contributed by atoms with van der Waals surface area (Å²) in [7, 11) is 0. The summed E-state index contributed by atoms with van der Waals surface area (Å²) in [6.07, 6.45) is 43.6. The van der Waals surface area contributed by atoms with Crippen LogP contribution < -0.4 is 10.6 Å². The summed E-state index contributed by atoms with van der Waals surface area (Å²) < 4.78 is 11.6. The SMILES string of the molecule is CCCCCCCC(CCCCCCC)C(=O)OCCCCCCCC1CNCC(CCCCCCCOC(=O)C(CCCCCCC)CCCCCCC)N1. The van der Waals surface area contributed by atoms with Crippen LogP contribution in [0.15, 0.2) is 0 Å². The molecule has 6 nitrogen and oxygen atoms in total. The molecular weight excluding hydrogens is 693 g/mol. The van der Waals surface area contributed by atoms with Crippen LogP contribution in [-0.2, 0) is 19.1 Å². The van der Waals surface area contributed by atoms with Gasteiger partial charge in [0, 0.05) is 25.2 Å². The molecule has 1 rings (SSSR count). The molecule has 0 bridgehead atoms. The monoisotopic (exact) mass is 791 g/mol. The predicted octanol–water partition coefficient (Wildman–Crippen LogP) is 14.4. The second-order valence-electron chi connectivity index (χ2n) is 17.9. The van der Waals surface area contributed by atoms with E-state index in [1.807, 2.05) is 0 Å². The highest BCUT2D eigenvalue weighted by atomic mass is 16.5. The van der Waals surface area contributed by atoms with Crippen molar-refractivity contribution in [2.45, 2.75) is 271 Å². The van der Waals surface area contributed by atoms with Crippen molar-refractivity contribution in [1.82, 2.24) is 10.6 Å². The second kappa shape index (κ2) is 40.6. The molecule has 1 saturated heterocycles. The summed E-state index contributed by atoms with van der Waals surface area (Å²) in [6.45, 7) is 12.4. The van der Waals surface area contributed by atoms with Crippen LogP contribution in [0.5, 0.6) is 0 Å². The minimum atomic E-state index is 0.0784. The van der Waals surface area contributed by atoms with Crippen molar-refractivity contribution in [3.63, 3.8) is 0 Å². The summed E-state index contributed by atoms with van der Waals surface area (Å²) in [5.74, 6) is 0.387. The van der Waals surface area contributed by atoms with Gasteiger partial charge < -0.3 is 20.1 Å². The Kier molecular flexibility index (Phi) is 38.4. The number of ether oxygens (including phenoxy) is 2. The van der Waals surface area contributed by atoms with Crippen molar-refractivity contribution in [2.24, 2.45) is 11.8 Å². The van der Waals surface area contributed by atoms with Gasteiger partial charge in [-0.1, -0.05) is 207 Å². The molecule has 1 fully saturated rings. The lowest BCUT2D eigenvalue weighted by Crippen LogP contribution is -2.54. The summed E-state index contributed by atoms with van der Waals surface area (Å²) in [4.78, 5) is 25.9. The molecule has 0 aromatic carbocycles. The molecule has 56 heavy (non-hydrogen) atoms. The standard InChI is InChI=1S/C50H98N2O4/c1-5-9-13-19-27-35-45(36-28-20-14-10-6-2)49(53)55-41-33-25-17-23-31-39-47-43-51-44-48(52-47)40-32-24-18-26-34-42-56-50(54)46(37-29-21-15-11-7-3)38-30-22-16-12-8-4/h45-48,51-52H,5-44H2,1-4H3. The average molecular weight is 791 g/mol. The van der Waals surface area contributed by atoms with Crippen molar-refractivity contribution in [2.75, 3.05) is 26.3 Å². The molecule has 0 spiro atoms. The maximum absolute atomic E-state index is 12.9. The maximum atomic E-state index is 12.9. The summed E-state index contributed by atoms with van der Waals surface area (Å²) in [6, 6.07) is 1.17. The number of piperazine rings is 1. The number of unbranched alkanes of at least 4 members (excludes halogenated alkanes) is 24. The molecule has 1 aliphatic heterocycles. The zero-order valence-electron chi connectivity index (χ0n) is 38.2. The van der Waals surface area contributed by atoms with Gasteiger partial charge in [-0.3, -0.25) is 9.59 Å². The second-order valence-corrected chi connectivity index (χ2v) is 17.9. The van der Waals surface area contributed by atoms with Gasteiger partial charge in [0.2, 0.25) is 0 Å². The number of rotatable bonds is 42. The smallest absolute Gasteiger partial charge is 0.308 e. The van der Waals surface area contributed by atoms with Crippen LogP contribution in [0, 0.1) is 11.8 Å². The van der Waals surface area contributed by atoms with E-state index in [1.165, 1.54) is 180 Å². The highest BCUT2D eigenvalue weighted by molar-refractivity contribution is 5.72. The highest BCUT2D eigenvalue weighted by Gasteiger charge is 2.22. The zero-order chi connectivity index (χ0) is 40.6. The van der Waals surface area contributed by atoms with E-state index in [2.05, 4.69) is 38.3 Å². The third-order valence-electron chi connectivity index (χ3n) is 12.4. The number of carbonyl (C=O) groups excluding carboxylic acids is 2. The van der Waals surface area contributed by atoms with Crippen molar-refractivity contribution >= 4 is 11.9 Å². The Bertz CT molecular complexity index is 759. The largest absolute Gasteiger partial charge is 0.465 e. The average Bonchev–Trinajstić information content (AvgIpc) is 3.20. The van der Waals surface area contributed by atoms with Gasteiger partial charge in [-0.05, 0) is 51.4 Å². The first-order valence-corrected chi connectivity index (χ1v) is 25.4. The van der Waals surface area contributed by atoms with Crippen molar-refractivity contribution in [1.29, 1.82) is 0 Å². The van der Waals surface area contributed by atoms with Crippen LogP contribution in [0.25, 0.3) is 0 Å². The minimum Gasteiger partial charge on any atom is -0.465 e. The van der Waals surface area contributed by atoms with E-state index in [9.17, 15) is 9.59 Å². The number of hydrogen-bond acceptors (Lipinski definition) is 6. The fourth-order valence-corrected chi connectivity index (χ4v) is 8.62. The summed E-state index contributed by atoms with van der Waals surface area (Å²) >= 11 is 0. The van der Waals surface area contributed by atoms with Gasteiger partial charge in [-0.15, -0.1) is 0 Å². The Morgan fingerprint density at radius 3 is 1.04 bits per heavy atom. The van der Waals surface area contributed by atoms with Crippen LogP contribution in [0.3, 0.4) is 0 Å². The molecule has 2 N–H and O–H groups in total. The first-order valence-electron chi connectivity index (χ1n) is 25.4. The lowest BCUT2D eigenvalue weighted by Gasteiger charge is -2.32. The molecule has 0 aliphatic carbocycles. The van der Waals surface area contributed by atoms with Gasteiger partial charge in [0.1, 0.15) is 0 Å². The molecule has 0 saturated carbocycles. The third kappa shape index (κ3) is 31.8. The normalized spacial score (nSPS) is 15.9. The fourth-order valence-electron chi connectivity index (χ4n) is 8.62. The lowest BCUT2D eigenvalue weighted by molar-refractivity contribution is -0.150. The number of nitrogens with one attached hydrogen (secondary N) is 2. The molecule has 0 radical (unpaired) electrons. The van der Waals surface area contributed by atoms with Crippen molar-refractivity contribution < 1.29 is 19.1 Å². The zero-order valence-corrected chi connectivity index (χ0v) is 38.2. The highest BCUT2D eigenvalue weighted by Crippen LogP contribution is 2.23. The lowest BCUT2D eigenvalue weighted by atomic mass is 9.94. The Balaban J connectivity index is 2.13. The van der Waals surface area contributed by atoms with E-state index in [-0.39, 0.29) is 23.8 Å². The van der Waals surface area contributed by atoms with Crippen LogP contribution >= 0.6 is 0 Å². The quantitative estimate of drug-likeness (QED) is 0.0474. The Labute approximate surface area is 349 Å². The Morgan fingerprint density at radius 1 is 0.411 bits per heavy atom. The van der Waals surface area contributed by atoms with Crippen LogP contribution in [0.4, 0.5) is 0 Å². The van der Waals surface area contributed by atoms with Crippen LogP contribution in [0.1, 0.15) is 259 Å². The first-order chi connectivity index (χ1) is 27.5. The third-order valence-corrected chi connectivity index (χ3v) is 12.4. The van der Waals surface area contributed by atoms with Gasteiger partial charge >= 0.3 is 11.9 Å². The Morgan fingerprint density at radius 2 is 0.696 bits per heavy atom. The minimum absolute atomic E-state index is 0.0784. The fraction of sp³-hybridized carbons (Fsp3) is 0.960. The number of carbonyl (C=O) groups is 2. The van der Waals surface area contributed by atoms with Gasteiger partial charge in [-0.25, -0.2) is 0 Å². The van der Waals surface area contributed by atoms with E-state index in [0.29, 0.717) is 25.3 Å². The molecule has 0 aromatic heterocycles. The van der Waals surface area contributed by atoms with E-state index in [0.717, 1.165) is 64.5 Å². The molecule has 1 heterocycles. The van der Waals surface area contributed by atoms with E-state index >= 15 is 0 Å². The first kappa shape index (κ1) is 52.9. The molecule has 0 amide bonds. The van der Waals surface area contributed by atoms with E-state index in [4.69, 9.17) is 9.47 Å². The molecule has 2 atom stereocenters. The van der Waals surface area contributed by atoms with Crippen molar-refractivity contribution in [3.05, 3.63) is 0 Å². The molecule has 332 valence electrons.